The lowest BCUT2D eigenvalue weighted by atomic mass is 10.1. The molecule has 0 aliphatic heterocycles. The molecular weight excluding hydrogens is 254 g/mol. The molecule has 0 heterocycles. The first-order valence-corrected chi connectivity index (χ1v) is 7.15. The highest BCUT2D eigenvalue weighted by Gasteiger charge is 2.20. The highest BCUT2D eigenvalue weighted by atomic mass is 16.5. The predicted molar refractivity (Wildman–Crippen MR) is 78.8 cm³/mol. The monoisotopic (exact) mass is 277 g/mol. The van der Waals surface area contributed by atoms with Crippen LogP contribution in [0.3, 0.4) is 0 Å². The number of benzene rings is 1. The van der Waals surface area contributed by atoms with Gasteiger partial charge in [-0.05, 0) is 37.3 Å². The van der Waals surface area contributed by atoms with Crippen LogP contribution in [0.15, 0.2) is 29.4 Å². The molecule has 4 N–H and O–H groups in total. The van der Waals surface area contributed by atoms with Gasteiger partial charge in [-0.25, -0.2) is 0 Å². The first-order chi connectivity index (χ1) is 9.81. The van der Waals surface area contributed by atoms with Gasteiger partial charge in [0.15, 0.2) is 5.84 Å². The number of hydrogen-bond acceptors (Lipinski definition) is 4. The van der Waals surface area contributed by atoms with Crippen LogP contribution in [0.1, 0.15) is 30.4 Å². The van der Waals surface area contributed by atoms with E-state index in [1.54, 1.807) is 0 Å². The minimum Gasteiger partial charge on any atom is -0.409 e. The fraction of sp³-hybridized carbons (Fsp3) is 0.533. The van der Waals surface area contributed by atoms with E-state index in [-0.39, 0.29) is 5.84 Å². The Balaban J connectivity index is 1.65. The molecule has 0 aromatic heterocycles. The molecule has 110 valence electrons. The van der Waals surface area contributed by atoms with Gasteiger partial charge in [-0.3, -0.25) is 0 Å². The summed E-state index contributed by atoms with van der Waals surface area (Å²) in [5.74, 6) is 0.978. The minimum atomic E-state index is 0.148. The fourth-order valence-corrected chi connectivity index (χ4v) is 2.04. The molecule has 20 heavy (non-hydrogen) atoms. The summed E-state index contributed by atoms with van der Waals surface area (Å²) in [6.45, 7) is 3.34. The lowest BCUT2D eigenvalue weighted by Crippen LogP contribution is -2.21. The van der Waals surface area contributed by atoms with Gasteiger partial charge in [0, 0.05) is 25.3 Å². The SMILES string of the molecule is N/C(=N/O)c1ccccc1CNCCCOCC1CC1. The minimum absolute atomic E-state index is 0.148. The Morgan fingerprint density at radius 3 is 2.95 bits per heavy atom. The van der Waals surface area contributed by atoms with Gasteiger partial charge < -0.3 is 21.0 Å². The molecule has 0 saturated heterocycles. The zero-order valence-corrected chi connectivity index (χ0v) is 11.7. The maximum atomic E-state index is 8.76. The quantitative estimate of drug-likeness (QED) is 0.211. The van der Waals surface area contributed by atoms with Crippen LogP contribution in [-0.4, -0.2) is 30.8 Å². The Morgan fingerprint density at radius 1 is 1.40 bits per heavy atom. The topological polar surface area (TPSA) is 79.9 Å². The number of hydrogen-bond donors (Lipinski definition) is 3. The van der Waals surface area contributed by atoms with Gasteiger partial charge in [0.25, 0.3) is 0 Å². The van der Waals surface area contributed by atoms with Gasteiger partial charge in [-0.1, -0.05) is 29.4 Å². The van der Waals surface area contributed by atoms with Crippen molar-refractivity contribution in [2.75, 3.05) is 19.8 Å². The van der Waals surface area contributed by atoms with Crippen LogP contribution in [0.25, 0.3) is 0 Å². The van der Waals surface area contributed by atoms with E-state index in [1.165, 1.54) is 12.8 Å². The van der Waals surface area contributed by atoms with Crippen LogP contribution in [-0.2, 0) is 11.3 Å². The maximum absolute atomic E-state index is 8.76. The first-order valence-electron chi connectivity index (χ1n) is 7.15. The van der Waals surface area contributed by atoms with Crippen LogP contribution in [0, 0.1) is 5.92 Å². The van der Waals surface area contributed by atoms with Crippen molar-refractivity contribution in [3.8, 4) is 0 Å². The summed E-state index contributed by atoms with van der Waals surface area (Å²) in [5, 5.41) is 15.2. The van der Waals surface area contributed by atoms with E-state index >= 15 is 0 Å². The normalized spacial score (nSPS) is 15.5. The molecule has 0 spiro atoms. The van der Waals surface area contributed by atoms with Crippen molar-refractivity contribution < 1.29 is 9.94 Å². The van der Waals surface area contributed by atoms with Gasteiger partial charge in [-0.15, -0.1) is 0 Å². The van der Waals surface area contributed by atoms with E-state index in [0.717, 1.165) is 43.2 Å². The predicted octanol–water partition coefficient (Wildman–Crippen LogP) is 1.69. The summed E-state index contributed by atoms with van der Waals surface area (Å²) in [6.07, 6.45) is 3.67. The summed E-state index contributed by atoms with van der Waals surface area (Å²) >= 11 is 0. The Labute approximate surface area is 119 Å². The van der Waals surface area contributed by atoms with Crippen LogP contribution >= 0.6 is 0 Å². The lowest BCUT2D eigenvalue weighted by Gasteiger charge is -2.09. The third-order valence-corrected chi connectivity index (χ3v) is 3.41. The molecule has 0 unspecified atom stereocenters. The van der Waals surface area contributed by atoms with E-state index in [2.05, 4.69) is 10.5 Å². The molecule has 2 rings (SSSR count). The van der Waals surface area contributed by atoms with E-state index in [4.69, 9.17) is 15.7 Å². The number of oxime groups is 1. The zero-order chi connectivity index (χ0) is 14.2. The van der Waals surface area contributed by atoms with Gasteiger partial charge in [0.05, 0.1) is 0 Å². The van der Waals surface area contributed by atoms with Crippen LogP contribution in [0.4, 0.5) is 0 Å². The largest absolute Gasteiger partial charge is 0.409 e. The van der Waals surface area contributed by atoms with Crippen molar-refractivity contribution >= 4 is 5.84 Å². The van der Waals surface area contributed by atoms with Gasteiger partial charge in [0.2, 0.25) is 0 Å². The molecule has 5 heteroatoms. The smallest absolute Gasteiger partial charge is 0.170 e. The number of nitrogens with one attached hydrogen (secondary N) is 1. The molecule has 0 amide bonds. The Kier molecular flexibility index (Phi) is 5.83. The number of amidine groups is 1. The molecule has 1 aromatic carbocycles. The van der Waals surface area contributed by atoms with E-state index in [9.17, 15) is 0 Å². The fourth-order valence-electron chi connectivity index (χ4n) is 2.04. The van der Waals surface area contributed by atoms with Crippen LogP contribution in [0.2, 0.25) is 0 Å². The lowest BCUT2D eigenvalue weighted by molar-refractivity contribution is 0.122. The average molecular weight is 277 g/mol. The van der Waals surface area contributed by atoms with E-state index in [1.807, 2.05) is 24.3 Å². The van der Waals surface area contributed by atoms with Gasteiger partial charge >= 0.3 is 0 Å². The summed E-state index contributed by atoms with van der Waals surface area (Å²) in [6, 6.07) is 7.65. The molecule has 1 fully saturated rings. The van der Waals surface area contributed by atoms with Gasteiger partial charge in [-0.2, -0.15) is 0 Å². The summed E-state index contributed by atoms with van der Waals surface area (Å²) < 4.78 is 5.58. The highest BCUT2D eigenvalue weighted by Crippen LogP contribution is 2.28. The van der Waals surface area contributed by atoms with Crippen LogP contribution in [0.5, 0.6) is 0 Å². The van der Waals surface area contributed by atoms with E-state index in [0.29, 0.717) is 6.54 Å². The average Bonchev–Trinajstić information content (AvgIpc) is 3.30. The summed E-state index contributed by atoms with van der Waals surface area (Å²) in [4.78, 5) is 0. The van der Waals surface area contributed by atoms with Gasteiger partial charge in [0.1, 0.15) is 0 Å². The van der Waals surface area contributed by atoms with Crippen molar-refractivity contribution in [2.45, 2.75) is 25.8 Å². The molecular formula is C15H23N3O2. The third-order valence-electron chi connectivity index (χ3n) is 3.41. The van der Waals surface area contributed by atoms with Crippen molar-refractivity contribution in [1.29, 1.82) is 0 Å². The Bertz CT molecular complexity index is 444. The van der Waals surface area contributed by atoms with E-state index < -0.39 is 0 Å². The molecule has 0 atom stereocenters. The van der Waals surface area contributed by atoms with Crippen molar-refractivity contribution in [3.05, 3.63) is 35.4 Å². The number of nitrogens with zero attached hydrogens (tertiary/aromatic N) is 1. The van der Waals surface area contributed by atoms with Crippen molar-refractivity contribution in [2.24, 2.45) is 16.8 Å². The first kappa shape index (κ1) is 14.8. The second-order valence-electron chi connectivity index (χ2n) is 5.19. The number of nitrogens with two attached hydrogens (primary N) is 1. The molecule has 1 aliphatic carbocycles. The third kappa shape index (κ3) is 4.83. The molecule has 0 bridgehead atoms. The molecule has 1 aromatic rings. The summed E-state index contributed by atoms with van der Waals surface area (Å²) in [7, 11) is 0. The van der Waals surface area contributed by atoms with Crippen LogP contribution < -0.4 is 11.1 Å². The summed E-state index contributed by atoms with van der Waals surface area (Å²) in [5.41, 5.74) is 7.45. The maximum Gasteiger partial charge on any atom is 0.170 e. The molecule has 1 aliphatic rings. The standard InChI is InChI=1S/C15H23N3O2/c16-15(18-19)14-5-2-1-4-13(14)10-17-8-3-9-20-11-12-6-7-12/h1-2,4-5,12,17,19H,3,6-11H2,(H2,16,18). The number of rotatable bonds is 9. The molecule has 5 nitrogen and oxygen atoms in total. The second kappa shape index (κ2) is 7.87. The Morgan fingerprint density at radius 2 is 2.20 bits per heavy atom. The molecule has 1 saturated carbocycles. The molecule has 0 radical (unpaired) electrons. The zero-order valence-electron chi connectivity index (χ0n) is 11.7. The second-order valence-corrected chi connectivity index (χ2v) is 5.19. The highest BCUT2D eigenvalue weighted by molar-refractivity contribution is 5.98. The van der Waals surface area contributed by atoms with Crippen molar-refractivity contribution in [3.63, 3.8) is 0 Å². The van der Waals surface area contributed by atoms with Crippen molar-refractivity contribution in [1.82, 2.24) is 5.32 Å². The number of ether oxygens (including phenoxy) is 1. The Hall–Kier alpha value is -1.59.